The number of hydrogen-bond donors (Lipinski definition) is 1. The minimum absolute atomic E-state index is 0.687. The van der Waals surface area contributed by atoms with Crippen LogP contribution < -0.4 is 10.1 Å². The third-order valence-electron chi connectivity index (χ3n) is 3.09. The Morgan fingerprint density at radius 3 is 2.75 bits per heavy atom. The molecule has 0 aliphatic heterocycles. The molecule has 0 spiro atoms. The van der Waals surface area contributed by atoms with Gasteiger partial charge in [0.05, 0.1) is 18.2 Å². The van der Waals surface area contributed by atoms with Crippen molar-refractivity contribution in [3.63, 3.8) is 0 Å². The van der Waals surface area contributed by atoms with E-state index in [1.54, 1.807) is 7.11 Å². The van der Waals surface area contributed by atoms with Crippen molar-refractivity contribution in [2.75, 3.05) is 26.9 Å². The Labute approximate surface area is 127 Å². The smallest absolute Gasteiger partial charge is 0.142 e. The highest BCUT2D eigenvalue weighted by Crippen LogP contribution is 2.28. The summed E-state index contributed by atoms with van der Waals surface area (Å²) in [4.78, 5) is 0. The number of unbranched alkanes of at least 4 members (excludes halogenated alkanes) is 3. The van der Waals surface area contributed by atoms with E-state index in [1.807, 2.05) is 18.2 Å². The molecule has 0 aliphatic carbocycles. The molecule has 0 bridgehead atoms. The van der Waals surface area contributed by atoms with Crippen molar-refractivity contribution in [2.45, 2.75) is 39.2 Å². The van der Waals surface area contributed by atoms with E-state index in [1.165, 1.54) is 19.3 Å². The van der Waals surface area contributed by atoms with E-state index in [0.717, 1.165) is 37.4 Å². The minimum Gasteiger partial charge on any atom is -0.492 e. The monoisotopic (exact) mass is 299 g/mol. The number of rotatable bonds is 11. The average molecular weight is 300 g/mol. The molecule has 1 rings (SSSR count). The van der Waals surface area contributed by atoms with Gasteiger partial charge in [-0.15, -0.1) is 0 Å². The summed E-state index contributed by atoms with van der Waals surface area (Å²) in [6, 6.07) is 5.88. The van der Waals surface area contributed by atoms with E-state index in [9.17, 15) is 0 Å². The van der Waals surface area contributed by atoms with Gasteiger partial charge in [-0.3, -0.25) is 0 Å². The molecule has 3 nitrogen and oxygen atoms in total. The first-order valence-corrected chi connectivity index (χ1v) is 7.77. The van der Waals surface area contributed by atoms with Crippen LogP contribution in [0.5, 0.6) is 5.75 Å². The average Bonchev–Trinajstić information content (AvgIpc) is 2.45. The fourth-order valence-corrected chi connectivity index (χ4v) is 2.20. The van der Waals surface area contributed by atoms with Crippen molar-refractivity contribution in [3.8, 4) is 5.75 Å². The molecule has 0 unspecified atom stereocenters. The Morgan fingerprint density at radius 2 is 2.00 bits per heavy atom. The van der Waals surface area contributed by atoms with Crippen LogP contribution in [0.2, 0.25) is 5.02 Å². The predicted octanol–water partition coefficient (Wildman–Crippen LogP) is 4.04. The maximum atomic E-state index is 6.23. The zero-order valence-electron chi connectivity index (χ0n) is 12.6. The van der Waals surface area contributed by atoms with Crippen molar-refractivity contribution in [3.05, 3.63) is 28.8 Å². The summed E-state index contributed by atoms with van der Waals surface area (Å²) in [6.45, 7) is 5.20. The molecule has 0 fully saturated rings. The van der Waals surface area contributed by atoms with Gasteiger partial charge in [-0.2, -0.15) is 0 Å². The summed E-state index contributed by atoms with van der Waals surface area (Å²) in [5, 5.41) is 4.00. The van der Waals surface area contributed by atoms with Gasteiger partial charge in [0, 0.05) is 25.8 Å². The lowest BCUT2D eigenvalue weighted by atomic mass is 10.2. The first-order chi connectivity index (χ1) is 9.79. The molecule has 1 aromatic rings. The maximum Gasteiger partial charge on any atom is 0.142 e. The van der Waals surface area contributed by atoms with Crippen LogP contribution in [0, 0.1) is 0 Å². The fourth-order valence-electron chi connectivity index (χ4n) is 1.95. The third kappa shape index (κ3) is 6.60. The molecule has 0 aromatic heterocycles. The molecule has 0 radical (unpaired) electrons. The Balaban J connectivity index is 2.45. The summed E-state index contributed by atoms with van der Waals surface area (Å²) in [7, 11) is 1.70. The number of ether oxygens (including phenoxy) is 2. The first kappa shape index (κ1) is 17.3. The second-order valence-corrected chi connectivity index (χ2v) is 5.21. The van der Waals surface area contributed by atoms with Crippen molar-refractivity contribution in [1.82, 2.24) is 5.32 Å². The van der Waals surface area contributed by atoms with Crippen LogP contribution in [-0.2, 0) is 11.3 Å². The molecule has 0 amide bonds. The lowest BCUT2D eigenvalue weighted by molar-refractivity contribution is 0.199. The van der Waals surface area contributed by atoms with E-state index < -0.39 is 0 Å². The molecule has 1 aromatic carbocycles. The molecule has 0 atom stereocenters. The van der Waals surface area contributed by atoms with E-state index in [4.69, 9.17) is 21.1 Å². The van der Waals surface area contributed by atoms with Crippen LogP contribution in [0.1, 0.15) is 38.2 Å². The van der Waals surface area contributed by atoms with Gasteiger partial charge >= 0.3 is 0 Å². The topological polar surface area (TPSA) is 30.5 Å². The zero-order valence-corrected chi connectivity index (χ0v) is 13.3. The second kappa shape index (κ2) is 11.0. The lowest BCUT2D eigenvalue weighted by Crippen LogP contribution is -2.19. The molecule has 1 N–H and O–H groups in total. The molecule has 0 heterocycles. The van der Waals surface area contributed by atoms with Gasteiger partial charge in [-0.1, -0.05) is 49.9 Å². The summed E-state index contributed by atoms with van der Waals surface area (Å²) in [5.41, 5.74) is 1.10. The highest BCUT2D eigenvalue weighted by atomic mass is 35.5. The highest BCUT2D eigenvalue weighted by molar-refractivity contribution is 6.32. The SMILES string of the molecule is CCCCCCOc1c(Cl)cccc1CNCCOC. The van der Waals surface area contributed by atoms with Gasteiger partial charge in [-0.05, 0) is 12.5 Å². The first-order valence-electron chi connectivity index (χ1n) is 7.39. The van der Waals surface area contributed by atoms with Crippen LogP contribution in [0.25, 0.3) is 0 Å². The number of hydrogen-bond acceptors (Lipinski definition) is 3. The summed E-state index contributed by atoms with van der Waals surface area (Å²) in [5.74, 6) is 0.815. The van der Waals surface area contributed by atoms with Crippen molar-refractivity contribution < 1.29 is 9.47 Å². The van der Waals surface area contributed by atoms with Gasteiger partial charge < -0.3 is 14.8 Å². The number of halogens is 1. The molecular formula is C16H26ClNO2. The van der Waals surface area contributed by atoms with E-state index in [0.29, 0.717) is 11.6 Å². The van der Waals surface area contributed by atoms with Gasteiger partial charge in [0.25, 0.3) is 0 Å². The Bertz CT molecular complexity index is 371. The van der Waals surface area contributed by atoms with Gasteiger partial charge in [0.2, 0.25) is 0 Å². The Hall–Kier alpha value is -0.770. The van der Waals surface area contributed by atoms with Crippen LogP contribution in [0.15, 0.2) is 18.2 Å². The van der Waals surface area contributed by atoms with E-state index >= 15 is 0 Å². The number of para-hydroxylation sites is 1. The van der Waals surface area contributed by atoms with E-state index in [2.05, 4.69) is 12.2 Å². The normalized spacial score (nSPS) is 10.8. The van der Waals surface area contributed by atoms with Gasteiger partial charge in [-0.25, -0.2) is 0 Å². The molecule has 0 saturated heterocycles. The number of benzene rings is 1. The number of nitrogens with one attached hydrogen (secondary N) is 1. The van der Waals surface area contributed by atoms with Gasteiger partial charge in [0.1, 0.15) is 5.75 Å². The summed E-state index contributed by atoms with van der Waals surface area (Å²) >= 11 is 6.23. The largest absolute Gasteiger partial charge is 0.492 e. The standard InChI is InChI=1S/C16H26ClNO2/c1-3-4-5-6-11-20-16-14(8-7-9-15(16)17)13-18-10-12-19-2/h7-9,18H,3-6,10-13H2,1-2H3. The van der Waals surface area contributed by atoms with E-state index in [-0.39, 0.29) is 0 Å². The summed E-state index contributed by atoms with van der Waals surface area (Å²) in [6.07, 6.45) is 4.79. The maximum absolute atomic E-state index is 6.23. The van der Waals surface area contributed by atoms with Crippen LogP contribution in [-0.4, -0.2) is 26.9 Å². The second-order valence-electron chi connectivity index (χ2n) is 4.81. The van der Waals surface area contributed by atoms with Crippen LogP contribution in [0.3, 0.4) is 0 Å². The molecule has 114 valence electrons. The summed E-state index contributed by atoms with van der Waals surface area (Å²) < 4.78 is 10.9. The van der Waals surface area contributed by atoms with Crippen molar-refractivity contribution in [1.29, 1.82) is 0 Å². The molecule has 0 aliphatic rings. The zero-order chi connectivity index (χ0) is 14.6. The van der Waals surface area contributed by atoms with Crippen LogP contribution in [0.4, 0.5) is 0 Å². The molecular weight excluding hydrogens is 274 g/mol. The molecule has 4 heteroatoms. The lowest BCUT2D eigenvalue weighted by Gasteiger charge is -2.13. The highest BCUT2D eigenvalue weighted by Gasteiger charge is 2.08. The van der Waals surface area contributed by atoms with Gasteiger partial charge in [0.15, 0.2) is 0 Å². The van der Waals surface area contributed by atoms with Crippen LogP contribution >= 0.6 is 11.6 Å². The van der Waals surface area contributed by atoms with Crippen molar-refractivity contribution in [2.24, 2.45) is 0 Å². The minimum atomic E-state index is 0.687. The molecule has 0 saturated carbocycles. The predicted molar refractivity (Wildman–Crippen MR) is 84.7 cm³/mol. The Morgan fingerprint density at radius 1 is 1.15 bits per heavy atom. The molecule has 20 heavy (non-hydrogen) atoms. The fraction of sp³-hybridized carbons (Fsp3) is 0.625. The van der Waals surface area contributed by atoms with Crippen molar-refractivity contribution >= 4 is 11.6 Å². The Kier molecular flexibility index (Phi) is 9.46. The number of methoxy groups -OCH3 is 1. The third-order valence-corrected chi connectivity index (χ3v) is 3.39. The quantitative estimate of drug-likeness (QED) is 0.626.